The van der Waals surface area contributed by atoms with Gasteiger partial charge >= 0.3 is 0 Å². The second kappa shape index (κ2) is 8.35. The number of hydrogen-bond acceptors (Lipinski definition) is 2. The molecule has 0 aliphatic carbocycles. The molecule has 2 nitrogen and oxygen atoms in total. The first-order valence-electron chi connectivity index (χ1n) is 6.60. The van der Waals surface area contributed by atoms with Gasteiger partial charge in [-0.25, -0.2) is 4.98 Å². The van der Waals surface area contributed by atoms with E-state index in [2.05, 4.69) is 24.1 Å². The smallest absolute Gasteiger partial charge is 0.129 e. The van der Waals surface area contributed by atoms with E-state index in [1.807, 2.05) is 12.1 Å². The van der Waals surface area contributed by atoms with E-state index in [0.717, 1.165) is 5.69 Å². The Balaban J connectivity index is 2.16. The predicted octanol–water partition coefficient (Wildman–Crippen LogP) is 4.90. The lowest BCUT2D eigenvalue weighted by atomic mass is 10.1. The van der Waals surface area contributed by atoms with Crippen LogP contribution in [0.25, 0.3) is 0 Å². The molecule has 1 heterocycles. The number of nitrogens with one attached hydrogen (secondary N) is 1. The van der Waals surface area contributed by atoms with Gasteiger partial charge in [-0.15, -0.1) is 0 Å². The van der Waals surface area contributed by atoms with Crippen molar-refractivity contribution in [3.05, 3.63) is 23.5 Å². The molecule has 0 saturated carbocycles. The van der Waals surface area contributed by atoms with Crippen LogP contribution in [0.5, 0.6) is 0 Å². The number of aromatic nitrogens is 1. The molecule has 0 fully saturated rings. The number of rotatable bonds is 8. The summed E-state index contributed by atoms with van der Waals surface area (Å²) in [6, 6.07) is 4.29. The topological polar surface area (TPSA) is 24.9 Å². The number of hydrogen-bond donors (Lipinski definition) is 1. The van der Waals surface area contributed by atoms with E-state index in [0.29, 0.717) is 11.2 Å². The zero-order valence-electron chi connectivity index (χ0n) is 10.9. The molecule has 17 heavy (non-hydrogen) atoms. The maximum Gasteiger partial charge on any atom is 0.129 e. The van der Waals surface area contributed by atoms with Crippen molar-refractivity contribution < 1.29 is 0 Å². The zero-order valence-corrected chi connectivity index (χ0v) is 11.6. The minimum atomic E-state index is 0.500. The molecular formula is C14H23ClN2. The van der Waals surface area contributed by atoms with E-state index in [4.69, 9.17) is 11.6 Å². The van der Waals surface area contributed by atoms with Gasteiger partial charge in [-0.3, -0.25) is 0 Å². The second-order valence-corrected chi connectivity index (χ2v) is 5.01. The summed E-state index contributed by atoms with van der Waals surface area (Å²) in [5.41, 5.74) is 1.05. The van der Waals surface area contributed by atoms with Crippen molar-refractivity contribution in [2.75, 3.05) is 5.32 Å². The monoisotopic (exact) mass is 254 g/mol. The van der Waals surface area contributed by atoms with E-state index in [9.17, 15) is 0 Å². The highest BCUT2D eigenvalue weighted by Gasteiger charge is 2.02. The summed E-state index contributed by atoms with van der Waals surface area (Å²) in [6.45, 7) is 4.46. The van der Waals surface area contributed by atoms with E-state index in [1.165, 1.54) is 38.5 Å². The van der Waals surface area contributed by atoms with Crippen molar-refractivity contribution in [3.8, 4) is 0 Å². The lowest BCUT2D eigenvalue weighted by Crippen LogP contribution is -2.14. The first-order valence-corrected chi connectivity index (χ1v) is 6.98. The lowest BCUT2D eigenvalue weighted by Gasteiger charge is -2.14. The molecular weight excluding hydrogens is 232 g/mol. The van der Waals surface area contributed by atoms with Gasteiger partial charge in [0.2, 0.25) is 0 Å². The van der Waals surface area contributed by atoms with Gasteiger partial charge in [0, 0.05) is 6.04 Å². The van der Waals surface area contributed by atoms with Gasteiger partial charge in [-0.05, 0) is 25.5 Å². The number of pyridine rings is 1. The summed E-state index contributed by atoms with van der Waals surface area (Å²) in [4.78, 5) is 4.06. The third-order valence-corrected chi connectivity index (χ3v) is 3.10. The van der Waals surface area contributed by atoms with Crippen molar-refractivity contribution in [2.45, 2.75) is 58.4 Å². The van der Waals surface area contributed by atoms with Crippen LogP contribution in [-0.2, 0) is 0 Å². The Kier molecular flexibility index (Phi) is 7.02. The molecule has 0 amide bonds. The summed E-state index contributed by atoms with van der Waals surface area (Å²) in [5.74, 6) is 0. The second-order valence-electron chi connectivity index (χ2n) is 4.62. The molecule has 0 aliphatic rings. The highest BCUT2D eigenvalue weighted by atomic mass is 35.5. The van der Waals surface area contributed by atoms with Crippen LogP contribution < -0.4 is 5.32 Å². The molecule has 3 heteroatoms. The molecule has 1 aromatic heterocycles. The lowest BCUT2D eigenvalue weighted by molar-refractivity contribution is 0.578. The fourth-order valence-corrected chi connectivity index (χ4v) is 1.98. The molecule has 1 aromatic rings. The molecule has 1 rings (SSSR count). The summed E-state index contributed by atoms with van der Waals surface area (Å²) in [6.07, 6.45) is 9.69. The number of unbranched alkanes of at least 4 members (excludes halogenated alkanes) is 4. The molecule has 0 saturated heterocycles. The van der Waals surface area contributed by atoms with Gasteiger partial charge in [0.15, 0.2) is 0 Å². The predicted molar refractivity (Wildman–Crippen MR) is 75.7 cm³/mol. The summed E-state index contributed by atoms with van der Waals surface area (Å²) in [5, 5.41) is 3.98. The molecule has 96 valence electrons. The van der Waals surface area contributed by atoms with Crippen molar-refractivity contribution in [2.24, 2.45) is 0 Å². The molecule has 1 N–H and O–H groups in total. The van der Waals surface area contributed by atoms with Crippen LogP contribution in [0.1, 0.15) is 52.4 Å². The number of nitrogens with zero attached hydrogens (tertiary/aromatic N) is 1. The Morgan fingerprint density at radius 3 is 2.65 bits per heavy atom. The fraction of sp³-hybridized carbons (Fsp3) is 0.643. The first-order chi connectivity index (χ1) is 8.22. The molecule has 1 unspecified atom stereocenters. The SMILES string of the molecule is CCCCCCCC(C)Nc1ccc(Cl)nc1. The Bertz CT molecular complexity index is 298. The van der Waals surface area contributed by atoms with Gasteiger partial charge in [0.1, 0.15) is 5.15 Å². The Morgan fingerprint density at radius 1 is 1.24 bits per heavy atom. The van der Waals surface area contributed by atoms with Gasteiger partial charge in [0.25, 0.3) is 0 Å². The Morgan fingerprint density at radius 2 is 2.00 bits per heavy atom. The van der Waals surface area contributed by atoms with Gasteiger partial charge in [0.05, 0.1) is 11.9 Å². The van der Waals surface area contributed by atoms with Crippen LogP contribution in [0, 0.1) is 0 Å². The fourth-order valence-electron chi connectivity index (χ4n) is 1.87. The van der Waals surface area contributed by atoms with Crippen molar-refractivity contribution in [1.29, 1.82) is 0 Å². The summed E-state index contributed by atoms with van der Waals surface area (Å²) in [7, 11) is 0. The molecule has 1 atom stereocenters. The normalized spacial score (nSPS) is 12.4. The number of halogens is 1. The number of anilines is 1. The van der Waals surface area contributed by atoms with Crippen molar-refractivity contribution >= 4 is 17.3 Å². The molecule has 0 bridgehead atoms. The van der Waals surface area contributed by atoms with Crippen LogP contribution in [0.4, 0.5) is 5.69 Å². The van der Waals surface area contributed by atoms with Crippen LogP contribution in [0.3, 0.4) is 0 Å². The molecule has 0 aromatic carbocycles. The van der Waals surface area contributed by atoms with E-state index >= 15 is 0 Å². The largest absolute Gasteiger partial charge is 0.381 e. The van der Waals surface area contributed by atoms with Crippen molar-refractivity contribution in [1.82, 2.24) is 4.98 Å². The van der Waals surface area contributed by atoms with Gasteiger partial charge < -0.3 is 5.32 Å². The third kappa shape index (κ3) is 6.52. The first kappa shape index (κ1) is 14.3. The molecule has 0 spiro atoms. The highest BCUT2D eigenvalue weighted by molar-refractivity contribution is 6.29. The highest BCUT2D eigenvalue weighted by Crippen LogP contribution is 2.13. The Hall–Kier alpha value is -0.760. The van der Waals surface area contributed by atoms with Crippen LogP contribution in [0.15, 0.2) is 18.3 Å². The Labute approximate surface area is 110 Å². The zero-order chi connectivity index (χ0) is 12.5. The van der Waals surface area contributed by atoms with E-state index < -0.39 is 0 Å². The third-order valence-electron chi connectivity index (χ3n) is 2.88. The average molecular weight is 255 g/mol. The average Bonchev–Trinajstić information content (AvgIpc) is 2.32. The van der Waals surface area contributed by atoms with Crippen LogP contribution >= 0.6 is 11.6 Å². The van der Waals surface area contributed by atoms with E-state index in [1.54, 1.807) is 6.20 Å². The minimum absolute atomic E-state index is 0.500. The summed E-state index contributed by atoms with van der Waals surface area (Å²) < 4.78 is 0. The summed E-state index contributed by atoms with van der Waals surface area (Å²) >= 11 is 5.74. The standard InChI is InChI=1S/C14H23ClN2/c1-3-4-5-6-7-8-12(2)17-13-9-10-14(15)16-11-13/h9-12,17H,3-8H2,1-2H3. The molecule has 0 radical (unpaired) electrons. The van der Waals surface area contributed by atoms with Crippen molar-refractivity contribution in [3.63, 3.8) is 0 Å². The van der Waals surface area contributed by atoms with Gasteiger partial charge in [-0.1, -0.05) is 50.6 Å². The maximum absolute atomic E-state index is 5.74. The van der Waals surface area contributed by atoms with Crippen LogP contribution in [0.2, 0.25) is 5.15 Å². The quantitative estimate of drug-likeness (QED) is 0.527. The van der Waals surface area contributed by atoms with Crippen LogP contribution in [-0.4, -0.2) is 11.0 Å². The maximum atomic E-state index is 5.74. The van der Waals surface area contributed by atoms with Gasteiger partial charge in [-0.2, -0.15) is 0 Å². The molecule has 0 aliphatic heterocycles. The minimum Gasteiger partial charge on any atom is -0.381 e. The van der Waals surface area contributed by atoms with E-state index in [-0.39, 0.29) is 0 Å².